The number of aromatic nitrogens is 1. The number of hydrogen-bond acceptors (Lipinski definition) is 3. The lowest BCUT2D eigenvalue weighted by molar-refractivity contribution is 0.335. The van der Waals surface area contributed by atoms with Crippen LogP contribution in [-0.4, -0.2) is 11.6 Å². The molecule has 19 heavy (non-hydrogen) atoms. The number of rotatable bonds is 6. The lowest BCUT2D eigenvalue weighted by Crippen LogP contribution is -2.15. The van der Waals surface area contributed by atoms with Crippen LogP contribution in [-0.2, 0) is 13.1 Å². The number of nitrogens with one attached hydrogen (secondary N) is 1. The Hall–Kier alpha value is -1.87. The Morgan fingerprint density at radius 2 is 1.95 bits per heavy atom. The van der Waals surface area contributed by atoms with E-state index in [-0.39, 0.29) is 0 Å². The molecule has 0 aliphatic heterocycles. The van der Waals surface area contributed by atoms with Crippen molar-refractivity contribution in [3.05, 3.63) is 59.4 Å². The smallest absolute Gasteiger partial charge is 0.123 e. The fraction of sp³-hybridized carbons (Fsp3) is 0.312. The van der Waals surface area contributed by atoms with E-state index in [9.17, 15) is 0 Å². The summed E-state index contributed by atoms with van der Waals surface area (Å²) in [6.07, 6.45) is 1.83. The molecule has 0 bridgehead atoms. The van der Waals surface area contributed by atoms with Crippen molar-refractivity contribution in [3.63, 3.8) is 0 Å². The Labute approximate surface area is 114 Å². The minimum Gasteiger partial charge on any atom is -0.494 e. The van der Waals surface area contributed by atoms with Crippen LogP contribution < -0.4 is 10.1 Å². The summed E-state index contributed by atoms with van der Waals surface area (Å²) in [5.41, 5.74) is 3.49. The standard InChI is InChI=1S/C16H20N2O/c1-3-19-16-9-5-4-8-14(16)11-17-12-15-13(2)7-6-10-18-15/h4-10,17H,3,11-12H2,1-2H3. The summed E-state index contributed by atoms with van der Waals surface area (Å²) in [4.78, 5) is 4.37. The first kappa shape index (κ1) is 13.6. The first-order chi connectivity index (χ1) is 9.31. The first-order valence-electron chi connectivity index (χ1n) is 6.63. The van der Waals surface area contributed by atoms with Gasteiger partial charge in [-0.25, -0.2) is 0 Å². The van der Waals surface area contributed by atoms with Crippen molar-refractivity contribution < 1.29 is 4.74 Å². The van der Waals surface area contributed by atoms with E-state index in [2.05, 4.69) is 29.4 Å². The minimum atomic E-state index is 0.691. The molecule has 0 aliphatic rings. The van der Waals surface area contributed by atoms with Gasteiger partial charge in [0.15, 0.2) is 0 Å². The van der Waals surface area contributed by atoms with Crippen molar-refractivity contribution in [1.29, 1.82) is 0 Å². The molecule has 0 aliphatic carbocycles. The number of benzene rings is 1. The molecule has 1 heterocycles. The zero-order valence-corrected chi connectivity index (χ0v) is 11.5. The minimum absolute atomic E-state index is 0.691. The Morgan fingerprint density at radius 3 is 2.74 bits per heavy atom. The highest BCUT2D eigenvalue weighted by Crippen LogP contribution is 2.17. The van der Waals surface area contributed by atoms with Gasteiger partial charge in [0.1, 0.15) is 5.75 Å². The number of hydrogen-bond donors (Lipinski definition) is 1. The van der Waals surface area contributed by atoms with Gasteiger partial charge in [0.25, 0.3) is 0 Å². The molecule has 3 nitrogen and oxygen atoms in total. The highest BCUT2D eigenvalue weighted by Gasteiger charge is 2.03. The summed E-state index contributed by atoms with van der Waals surface area (Å²) >= 11 is 0. The molecule has 0 spiro atoms. The molecular weight excluding hydrogens is 236 g/mol. The molecule has 0 fully saturated rings. The summed E-state index contributed by atoms with van der Waals surface area (Å²) in [5.74, 6) is 0.954. The molecule has 0 amide bonds. The third kappa shape index (κ3) is 3.80. The van der Waals surface area contributed by atoms with Gasteiger partial charge in [-0.1, -0.05) is 24.3 Å². The van der Waals surface area contributed by atoms with E-state index in [1.54, 1.807) is 0 Å². The summed E-state index contributed by atoms with van der Waals surface area (Å²) in [6.45, 7) is 6.33. The summed E-state index contributed by atoms with van der Waals surface area (Å²) < 4.78 is 5.61. The SMILES string of the molecule is CCOc1ccccc1CNCc1ncccc1C. The number of ether oxygens (including phenoxy) is 1. The summed E-state index contributed by atoms with van der Waals surface area (Å²) in [5, 5.41) is 3.42. The van der Waals surface area contributed by atoms with Crippen LogP contribution >= 0.6 is 0 Å². The van der Waals surface area contributed by atoms with E-state index in [0.29, 0.717) is 6.61 Å². The molecule has 0 radical (unpaired) electrons. The number of nitrogens with zero attached hydrogens (tertiary/aromatic N) is 1. The molecule has 0 saturated carbocycles. The summed E-state index contributed by atoms with van der Waals surface area (Å²) in [7, 11) is 0. The van der Waals surface area contributed by atoms with Crippen LogP contribution in [0, 0.1) is 6.92 Å². The summed E-state index contributed by atoms with van der Waals surface area (Å²) in [6, 6.07) is 12.2. The maximum atomic E-state index is 5.61. The average molecular weight is 256 g/mol. The third-order valence-electron chi connectivity index (χ3n) is 3.00. The zero-order chi connectivity index (χ0) is 13.5. The van der Waals surface area contributed by atoms with Gasteiger partial charge in [0, 0.05) is 24.8 Å². The van der Waals surface area contributed by atoms with Gasteiger partial charge in [0.05, 0.1) is 12.3 Å². The van der Waals surface area contributed by atoms with E-state index in [0.717, 1.165) is 24.5 Å². The van der Waals surface area contributed by atoms with Crippen LogP contribution in [0.2, 0.25) is 0 Å². The van der Waals surface area contributed by atoms with Crippen LogP contribution in [0.1, 0.15) is 23.7 Å². The van der Waals surface area contributed by atoms with E-state index >= 15 is 0 Å². The van der Waals surface area contributed by atoms with Crippen molar-refractivity contribution in [2.75, 3.05) is 6.61 Å². The van der Waals surface area contributed by atoms with E-state index in [1.165, 1.54) is 11.1 Å². The Bertz CT molecular complexity index is 526. The molecule has 1 aromatic heterocycles. The van der Waals surface area contributed by atoms with Crippen molar-refractivity contribution in [3.8, 4) is 5.75 Å². The molecule has 3 heteroatoms. The van der Waals surface area contributed by atoms with E-state index in [4.69, 9.17) is 4.74 Å². The van der Waals surface area contributed by atoms with Gasteiger partial charge in [-0.2, -0.15) is 0 Å². The maximum Gasteiger partial charge on any atom is 0.123 e. The van der Waals surface area contributed by atoms with Crippen LogP contribution in [0.25, 0.3) is 0 Å². The van der Waals surface area contributed by atoms with Crippen molar-refractivity contribution >= 4 is 0 Å². The molecule has 2 rings (SSSR count). The zero-order valence-electron chi connectivity index (χ0n) is 11.5. The monoisotopic (exact) mass is 256 g/mol. The fourth-order valence-corrected chi connectivity index (χ4v) is 1.97. The lowest BCUT2D eigenvalue weighted by Gasteiger charge is -2.11. The second kappa shape index (κ2) is 6.90. The van der Waals surface area contributed by atoms with Crippen molar-refractivity contribution in [1.82, 2.24) is 10.3 Å². The van der Waals surface area contributed by atoms with E-state index < -0.39 is 0 Å². The molecule has 0 atom stereocenters. The van der Waals surface area contributed by atoms with Crippen molar-refractivity contribution in [2.24, 2.45) is 0 Å². The number of para-hydroxylation sites is 1. The molecule has 0 unspecified atom stereocenters. The van der Waals surface area contributed by atoms with Crippen LogP contribution in [0.15, 0.2) is 42.6 Å². The molecular formula is C16H20N2O. The quantitative estimate of drug-likeness (QED) is 0.862. The predicted octanol–water partition coefficient (Wildman–Crippen LogP) is 3.08. The Morgan fingerprint density at radius 1 is 1.11 bits per heavy atom. The van der Waals surface area contributed by atoms with Crippen LogP contribution in [0.4, 0.5) is 0 Å². The topological polar surface area (TPSA) is 34.1 Å². The average Bonchev–Trinajstić information content (AvgIpc) is 2.43. The van der Waals surface area contributed by atoms with Crippen molar-refractivity contribution in [2.45, 2.75) is 26.9 Å². The highest BCUT2D eigenvalue weighted by molar-refractivity contribution is 5.33. The molecule has 0 saturated heterocycles. The second-order valence-corrected chi connectivity index (χ2v) is 4.41. The van der Waals surface area contributed by atoms with Gasteiger partial charge in [0.2, 0.25) is 0 Å². The maximum absolute atomic E-state index is 5.61. The number of aryl methyl sites for hydroxylation is 1. The fourth-order valence-electron chi connectivity index (χ4n) is 1.97. The Kier molecular flexibility index (Phi) is 4.93. The van der Waals surface area contributed by atoms with Crippen LogP contribution in [0.3, 0.4) is 0 Å². The van der Waals surface area contributed by atoms with Gasteiger partial charge in [-0.3, -0.25) is 4.98 Å². The first-order valence-corrected chi connectivity index (χ1v) is 6.63. The largest absolute Gasteiger partial charge is 0.494 e. The van der Waals surface area contributed by atoms with Crippen LogP contribution in [0.5, 0.6) is 5.75 Å². The van der Waals surface area contributed by atoms with E-state index in [1.807, 2.05) is 37.4 Å². The molecule has 2 aromatic rings. The van der Waals surface area contributed by atoms with Gasteiger partial charge >= 0.3 is 0 Å². The third-order valence-corrected chi connectivity index (χ3v) is 3.00. The molecule has 100 valence electrons. The van der Waals surface area contributed by atoms with Gasteiger partial charge in [-0.15, -0.1) is 0 Å². The van der Waals surface area contributed by atoms with Gasteiger partial charge in [-0.05, 0) is 31.5 Å². The highest BCUT2D eigenvalue weighted by atomic mass is 16.5. The second-order valence-electron chi connectivity index (χ2n) is 4.41. The lowest BCUT2D eigenvalue weighted by atomic mass is 10.2. The number of pyridine rings is 1. The Balaban J connectivity index is 1.94. The predicted molar refractivity (Wildman–Crippen MR) is 77.1 cm³/mol. The molecule has 1 aromatic carbocycles. The van der Waals surface area contributed by atoms with Gasteiger partial charge < -0.3 is 10.1 Å². The molecule has 1 N–H and O–H groups in total. The normalized spacial score (nSPS) is 10.4.